The third-order valence-electron chi connectivity index (χ3n) is 5.47. The van der Waals surface area contributed by atoms with E-state index < -0.39 is 0 Å². The van der Waals surface area contributed by atoms with Gasteiger partial charge in [-0.1, -0.05) is 36.4 Å². The lowest BCUT2D eigenvalue weighted by Crippen LogP contribution is -2.25. The minimum atomic E-state index is -0.204. The molecule has 2 aromatic heterocycles. The molecule has 0 atom stereocenters. The maximum Gasteiger partial charge on any atom is 0.262 e. The Bertz CT molecular complexity index is 1350. The number of fused-ring (bicyclic) bond motifs is 1. The molecule has 1 amide bonds. The van der Waals surface area contributed by atoms with Crippen molar-refractivity contribution in [3.63, 3.8) is 0 Å². The van der Waals surface area contributed by atoms with E-state index in [1.165, 1.54) is 11.3 Å². The minimum Gasteiger partial charge on any atom is -0.493 e. The van der Waals surface area contributed by atoms with Gasteiger partial charge in [0.1, 0.15) is 4.83 Å². The maximum atomic E-state index is 13.1. The molecule has 0 unspecified atom stereocenters. The van der Waals surface area contributed by atoms with Crippen LogP contribution in [0.1, 0.15) is 26.4 Å². The van der Waals surface area contributed by atoms with Crippen molar-refractivity contribution in [2.75, 3.05) is 20.8 Å². The van der Waals surface area contributed by atoms with Crippen LogP contribution in [0.15, 0.2) is 59.7 Å². The van der Waals surface area contributed by atoms with Crippen molar-refractivity contribution < 1.29 is 14.3 Å². The summed E-state index contributed by atoms with van der Waals surface area (Å²) in [7, 11) is 3.19. The summed E-state index contributed by atoms with van der Waals surface area (Å²) in [6, 6.07) is 15.4. The van der Waals surface area contributed by atoms with Crippen molar-refractivity contribution in [1.29, 1.82) is 0 Å². The number of hydrogen-bond acceptors (Lipinski definition) is 6. The summed E-state index contributed by atoms with van der Waals surface area (Å²) in [5, 5.41) is 3.46. The number of carbonyl (C=O) groups excluding carboxylic acids is 1. The molecule has 7 nitrogen and oxygen atoms in total. The van der Waals surface area contributed by atoms with Gasteiger partial charge in [0.15, 0.2) is 11.5 Å². The standard InChI is InChI=1S/C25H25N3O4S/c1-16-21-24(27-15-28(25(21)30)14-18-7-5-4-6-8-18)33-22(16)23(29)26-12-11-17-9-10-19(31-2)20(13-17)32-3/h4-10,13,15H,11-12,14H2,1-3H3,(H,26,29). The Hall–Kier alpha value is -3.65. The molecule has 0 fully saturated rings. The van der Waals surface area contributed by atoms with Gasteiger partial charge >= 0.3 is 0 Å². The third-order valence-corrected chi connectivity index (χ3v) is 6.67. The number of carbonyl (C=O) groups is 1. The van der Waals surface area contributed by atoms with E-state index in [1.807, 2.05) is 48.5 Å². The quantitative estimate of drug-likeness (QED) is 0.430. The molecule has 0 saturated heterocycles. The summed E-state index contributed by atoms with van der Waals surface area (Å²) in [5.74, 6) is 1.11. The van der Waals surface area contributed by atoms with E-state index in [-0.39, 0.29) is 11.5 Å². The van der Waals surface area contributed by atoms with Gasteiger partial charge in [0.25, 0.3) is 11.5 Å². The van der Waals surface area contributed by atoms with Crippen LogP contribution in [0.3, 0.4) is 0 Å². The monoisotopic (exact) mass is 463 g/mol. The molecule has 170 valence electrons. The largest absolute Gasteiger partial charge is 0.493 e. The summed E-state index contributed by atoms with van der Waals surface area (Å²) in [4.78, 5) is 31.5. The second kappa shape index (κ2) is 9.87. The molecule has 0 spiro atoms. The second-order valence-corrected chi connectivity index (χ2v) is 8.59. The highest BCUT2D eigenvalue weighted by Crippen LogP contribution is 2.28. The Morgan fingerprint density at radius 3 is 2.55 bits per heavy atom. The Labute approximate surface area is 195 Å². The van der Waals surface area contributed by atoms with Gasteiger partial charge in [-0.15, -0.1) is 11.3 Å². The lowest BCUT2D eigenvalue weighted by atomic mass is 10.1. The van der Waals surface area contributed by atoms with E-state index in [0.29, 0.717) is 51.7 Å². The van der Waals surface area contributed by atoms with Crippen LogP contribution in [0.4, 0.5) is 0 Å². The SMILES string of the molecule is COc1ccc(CCNC(=O)c2sc3ncn(Cc4ccccc4)c(=O)c3c2C)cc1OC. The molecule has 0 radical (unpaired) electrons. The predicted octanol–water partition coefficient (Wildman–Crippen LogP) is 3.80. The number of nitrogens with one attached hydrogen (secondary N) is 1. The number of amides is 1. The molecule has 0 saturated carbocycles. The van der Waals surface area contributed by atoms with Crippen LogP contribution in [-0.4, -0.2) is 36.2 Å². The molecule has 4 rings (SSSR count). The zero-order chi connectivity index (χ0) is 23.4. The molecule has 2 heterocycles. The normalized spacial score (nSPS) is 10.9. The highest BCUT2D eigenvalue weighted by molar-refractivity contribution is 7.20. The second-order valence-electron chi connectivity index (χ2n) is 7.59. The Kier molecular flexibility index (Phi) is 6.74. The summed E-state index contributed by atoms with van der Waals surface area (Å²) in [6.45, 7) is 2.69. The topological polar surface area (TPSA) is 82.5 Å². The number of rotatable bonds is 8. The van der Waals surface area contributed by atoms with Crippen molar-refractivity contribution in [2.24, 2.45) is 0 Å². The number of aryl methyl sites for hydroxylation is 1. The van der Waals surface area contributed by atoms with Gasteiger partial charge < -0.3 is 14.8 Å². The van der Waals surface area contributed by atoms with Crippen LogP contribution >= 0.6 is 11.3 Å². The van der Waals surface area contributed by atoms with Gasteiger partial charge in [-0.05, 0) is 42.2 Å². The molecule has 0 aliphatic heterocycles. The summed E-state index contributed by atoms with van der Waals surface area (Å²) in [6.07, 6.45) is 2.19. The van der Waals surface area contributed by atoms with Gasteiger partial charge in [0.05, 0.1) is 37.4 Å². The van der Waals surface area contributed by atoms with E-state index in [2.05, 4.69) is 10.3 Å². The van der Waals surface area contributed by atoms with E-state index >= 15 is 0 Å². The van der Waals surface area contributed by atoms with Crippen LogP contribution in [0.5, 0.6) is 11.5 Å². The average Bonchev–Trinajstić information content (AvgIpc) is 3.18. The number of ether oxygens (including phenoxy) is 2. The average molecular weight is 464 g/mol. The molecule has 2 aromatic carbocycles. The lowest BCUT2D eigenvalue weighted by molar-refractivity contribution is 0.0957. The molecule has 1 N–H and O–H groups in total. The number of hydrogen-bond donors (Lipinski definition) is 1. The first-order valence-corrected chi connectivity index (χ1v) is 11.3. The molecule has 0 aliphatic rings. The van der Waals surface area contributed by atoms with E-state index in [4.69, 9.17) is 9.47 Å². The van der Waals surface area contributed by atoms with Gasteiger partial charge in [-0.3, -0.25) is 14.2 Å². The Morgan fingerprint density at radius 2 is 1.82 bits per heavy atom. The van der Waals surface area contributed by atoms with Crippen molar-refractivity contribution in [3.8, 4) is 11.5 Å². The minimum absolute atomic E-state index is 0.137. The Balaban J connectivity index is 1.49. The fraction of sp³-hybridized carbons (Fsp3) is 0.240. The van der Waals surface area contributed by atoms with Crippen LogP contribution in [-0.2, 0) is 13.0 Å². The van der Waals surface area contributed by atoms with Gasteiger partial charge in [-0.2, -0.15) is 0 Å². The first-order chi connectivity index (χ1) is 16.0. The first kappa shape index (κ1) is 22.5. The summed E-state index contributed by atoms with van der Waals surface area (Å²) >= 11 is 1.25. The maximum absolute atomic E-state index is 13.1. The van der Waals surface area contributed by atoms with Crippen LogP contribution < -0.4 is 20.3 Å². The molecule has 4 aromatic rings. The van der Waals surface area contributed by atoms with Gasteiger partial charge in [-0.25, -0.2) is 4.98 Å². The fourth-order valence-corrected chi connectivity index (χ4v) is 4.76. The van der Waals surface area contributed by atoms with Crippen LogP contribution in [0, 0.1) is 6.92 Å². The van der Waals surface area contributed by atoms with Crippen molar-refractivity contribution in [1.82, 2.24) is 14.9 Å². The predicted molar refractivity (Wildman–Crippen MR) is 130 cm³/mol. The van der Waals surface area contributed by atoms with E-state index in [0.717, 1.165) is 11.1 Å². The Morgan fingerprint density at radius 1 is 1.06 bits per heavy atom. The van der Waals surface area contributed by atoms with Crippen molar-refractivity contribution in [2.45, 2.75) is 19.9 Å². The molecule has 33 heavy (non-hydrogen) atoms. The third kappa shape index (κ3) is 4.75. The van der Waals surface area contributed by atoms with Gasteiger partial charge in [0, 0.05) is 6.54 Å². The molecule has 0 aliphatic carbocycles. The number of methoxy groups -OCH3 is 2. The highest BCUT2D eigenvalue weighted by atomic mass is 32.1. The molecule has 0 bridgehead atoms. The number of nitrogens with zero attached hydrogens (tertiary/aromatic N) is 2. The van der Waals surface area contributed by atoms with Crippen LogP contribution in [0.2, 0.25) is 0 Å². The number of benzene rings is 2. The van der Waals surface area contributed by atoms with Gasteiger partial charge in [0.2, 0.25) is 0 Å². The first-order valence-electron chi connectivity index (χ1n) is 10.5. The van der Waals surface area contributed by atoms with Crippen molar-refractivity contribution in [3.05, 3.63) is 86.8 Å². The molecule has 8 heteroatoms. The number of thiophene rings is 1. The smallest absolute Gasteiger partial charge is 0.262 e. The van der Waals surface area contributed by atoms with Crippen molar-refractivity contribution >= 4 is 27.5 Å². The number of aromatic nitrogens is 2. The summed E-state index contributed by atoms with van der Waals surface area (Å²) < 4.78 is 12.2. The molecular weight excluding hydrogens is 438 g/mol. The molecular formula is C25H25N3O4S. The zero-order valence-corrected chi connectivity index (χ0v) is 19.6. The van der Waals surface area contributed by atoms with Crippen LogP contribution in [0.25, 0.3) is 10.2 Å². The van der Waals surface area contributed by atoms with E-state index in [9.17, 15) is 9.59 Å². The fourth-order valence-electron chi connectivity index (χ4n) is 3.71. The lowest BCUT2D eigenvalue weighted by Gasteiger charge is -2.10. The summed E-state index contributed by atoms with van der Waals surface area (Å²) in [5.41, 5.74) is 2.56. The zero-order valence-electron chi connectivity index (χ0n) is 18.8. The van der Waals surface area contributed by atoms with E-state index in [1.54, 1.807) is 32.0 Å². The highest BCUT2D eigenvalue weighted by Gasteiger charge is 2.19.